The van der Waals surface area contributed by atoms with E-state index in [0.717, 1.165) is 52.6 Å². The number of furan rings is 1. The van der Waals surface area contributed by atoms with Crippen molar-refractivity contribution in [2.24, 2.45) is 0 Å². The lowest BCUT2D eigenvalue weighted by Crippen LogP contribution is -2.62. The van der Waals surface area contributed by atoms with Gasteiger partial charge in [-0.25, -0.2) is 0 Å². The summed E-state index contributed by atoms with van der Waals surface area (Å²) in [5.41, 5.74) is 30.3. The molecular weight excluding hydrogens is 1020 g/mol. The normalized spacial score (nSPS) is 17.4. The summed E-state index contributed by atoms with van der Waals surface area (Å²) in [6, 6.07) is 53.1. The van der Waals surface area contributed by atoms with Gasteiger partial charge in [0, 0.05) is 67.5 Å². The number of para-hydroxylation sites is 1. The molecule has 13 rings (SSSR count). The second kappa shape index (κ2) is 18.5. The predicted molar refractivity (Wildman–Crippen MR) is 363 cm³/mol. The minimum atomic E-state index is -0.232. The molecule has 8 aromatic carbocycles. The highest BCUT2D eigenvalue weighted by atomic mass is 16.3. The molecule has 2 aliphatic carbocycles. The third-order valence-corrected chi connectivity index (χ3v) is 20.7. The molecule has 0 N–H and O–H groups in total. The van der Waals surface area contributed by atoms with Gasteiger partial charge in [-0.2, -0.15) is 0 Å². The van der Waals surface area contributed by atoms with E-state index in [2.05, 4.69) is 287 Å². The van der Waals surface area contributed by atoms with Crippen LogP contribution in [0.1, 0.15) is 199 Å². The molecule has 84 heavy (non-hydrogen) atoms. The smallest absolute Gasteiger partial charge is 0.252 e. The number of fused-ring (bicyclic) bond motifs is 9. The maximum atomic E-state index is 6.92. The van der Waals surface area contributed by atoms with Crippen LogP contribution in [0.5, 0.6) is 0 Å². The number of anilines is 9. The van der Waals surface area contributed by atoms with Crippen LogP contribution in [0.2, 0.25) is 0 Å². The van der Waals surface area contributed by atoms with Gasteiger partial charge in [-0.05, 0) is 224 Å². The van der Waals surface area contributed by atoms with Crippen LogP contribution in [0.15, 0.2) is 138 Å². The number of hydrogen-bond donors (Lipinski definition) is 0. The molecule has 0 bridgehead atoms. The monoisotopic (exact) mass is 1110 g/mol. The fraction of sp³-hybridized carbons (Fsp3) is 0.392. The number of aryl methyl sites for hydroxylation is 2. The molecule has 0 unspecified atom stereocenters. The summed E-state index contributed by atoms with van der Waals surface area (Å²) in [6.45, 7) is 47.8. The standard InChI is InChI=1S/C79H90BN3O/c1-47-38-68-71-69(39-47)83(53-41-55-54-24-21-22-27-70(54)84-72(55)61(43-53)75(10,11)12)66-44-52(81(64-33-28-50(40-48(64)2)73(4,5)6)65-26-23-25-56(49(65)3)74(7,8)9)30-32-62(66)80(71)63-45-59-60(79(19,20)37-36-78(59,17)18)46-67(63)82(68)51-29-31-57-58(42-51)77(15,16)35-34-76(57,13)14/h21-33,38-46H,34-37H2,1-20H3. The van der Waals surface area contributed by atoms with Gasteiger partial charge < -0.3 is 19.1 Å². The SMILES string of the molecule is Cc1cc2c3c(c1)N(c1ccc4c(c1)C(C)(C)CCC4(C)C)c1cc4c(cc1B3c1ccc(N(c3ccc(C(C)(C)C)cc3C)c3cccc(C(C)(C)C)c3C)cc1N2c1cc(C(C)(C)C)c2oc3ccccc3c2c1)C(C)(C)CCC4(C)C. The number of benzene rings is 8. The molecule has 0 amide bonds. The van der Waals surface area contributed by atoms with Gasteiger partial charge in [0.05, 0.1) is 0 Å². The minimum Gasteiger partial charge on any atom is -0.456 e. The number of hydrogen-bond acceptors (Lipinski definition) is 4. The highest BCUT2D eigenvalue weighted by molar-refractivity contribution is 7.00. The summed E-state index contributed by atoms with van der Waals surface area (Å²) < 4.78 is 6.92. The number of nitrogens with zero attached hydrogens (tertiary/aromatic N) is 3. The topological polar surface area (TPSA) is 22.9 Å². The molecule has 0 saturated heterocycles. The molecule has 1 aromatic heterocycles. The van der Waals surface area contributed by atoms with Crippen molar-refractivity contribution in [1.29, 1.82) is 0 Å². The van der Waals surface area contributed by atoms with E-state index in [0.29, 0.717) is 0 Å². The van der Waals surface area contributed by atoms with Crippen molar-refractivity contribution in [3.05, 3.63) is 189 Å². The third-order valence-electron chi connectivity index (χ3n) is 20.7. The van der Waals surface area contributed by atoms with Crippen LogP contribution in [0, 0.1) is 20.8 Å². The van der Waals surface area contributed by atoms with Crippen LogP contribution in [0.25, 0.3) is 21.9 Å². The lowest BCUT2D eigenvalue weighted by Gasteiger charge is -2.48. The van der Waals surface area contributed by atoms with Crippen molar-refractivity contribution >= 4 is 96.2 Å². The molecule has 0 spiro atoms. The van der Waals surface area contributed by atoms with E-state index in [1.165, 1.54) is 118 Å². The average molecular weight is 1110 g/mol. The van der Waals surface area contributed by atoms with Gasteiger partial charge in [-0.15, -0.1) is 0 Å². The van der Waals surface area contributed by atoms with Crippen LogP contribution in [-0.4, -0.2) is 6.71 Å². The van der Waals surface area contributed by atoms with Crippen molar-refractivity contribution in [1.82, 2.24) is 0 Å². The summed E-state index contributed by atoms with van der Waals surface area (Å²) in [5.74, 6) is 0. The van der Waals surface area contributed by atoms with Gasteiger partial charge in [-0.1, -0.05) is 178 Å². The molecule has 9 aromatic rings. The molecule has 430 valence electrons. The fourth-order valence-electron chi connectivity index (χ4n) is 15.5. The van der Waals surface area contributed by atoms with Crippen LogP contribution in [0.3, 0.4) is 0 Å². The maximum Gasteiger partial charge on any atom is 0.252 e. The minimum absolute atomic E-state index is 0.00238. The van der Waals surface area contributed by atoms with Crippen molar-refractivity contribution in [3.8, 4) is 0 Å². The Hall–Kier alpha value is -6.98. The first-order valence-electron chi connectivity index (χ1n) is 31.5. The van der Waals surface area contributed by atoms with Gasteiger partial charge in [0.2, 0.25) is 0 Å². The molecule has 2 aliphatic heterocycles. The molecular formula is C79H90BN3O. The van der Waals surface area contributed by atoms with E-state index in [4.69, 9.17) is 4.42 Å². The fourth-order valence-corrected chi connectivity index (χ4v) is 15.5. The maximum absolute atomic E-state index is 6.92. The molecule has 0 radical (unpaired) electrons. The van der Waals surface area contributed by atoms with Crippen molar-refractivity contribution < 1.29 is 4.42 Å². The van der Waals surface area contributed by atoms with E-state index in [-0.39, 0.29) is 44.6 Å². The van der Waals surface area contributed by atoms with Crippen LogP contribution in [0.4, 0.5) is 51.2 Å². The summed E-state index contributed by atoms with van der Waals surface area (Å²) >= 11 is 0. The van der Waals surface area contributed by atoms with Crippen LogP contribution < -0.4 is 31.1 Å². The zero-order valence-corrected chi connectivity index (χ0v) is 54.4. The number of rotatable bonds is 5. The van der Waals surface area contributed by atoms with Crippen LogP contribution >= 0.6 is 0 Å². The molecule has 4 aliphatic rings. The van der Waals surface area contributed by atoms with Crippen molar-refractivity contribution in [3.63, 3.8) is 0 Å². The molecule has 0 saturated carbocycles. The molecule has 4 nitrogen and oxygen atoms in total. The Morgan fingerprint density at radius 2 is 1.05 bits per heavy atom. The van der Waals surface area contributed by atoms with Crippen molar-refractivity contribution in [2.45, 2.75) is 202 Å². The summed E-state index contributed by atoms with van der Waals surface area (Å²) in [4.78, 5) is 7.94. The summed E-state index contributed by atoms with van der Waals surface area (Å²) in [5, 5.41) is 2.28. The van der Waals surface area contributed by atoms with Gasteiger partial charge in [0.1, 0.15) is 11.2 Å². The highest BCUT2D eigenvalue weighted by Crippen LogP contribution is 2.54. The Morgan fingerprint density at radius 1 is 0.452 bits per heavy atom. The quantitative estimate of drug-likeness (QED) is 0.160. The lowest BCUT2D eigenvalue weighted by molar-refractivity contribution is 0.332. The van der Waals surface area contributed by atoms with E-state index < -0.39 is 0 Å². The first-order valence-corrected chi connectivity index (χ1v) is 31.5. The Morgan fingerprint density at radius 3 is 1.68 bits per heavy atom. The zero-order chi connectivity index (χ0) is 59.9. The molecule has 0 fully saturated rings. The molecule has 3 heterocycles. The van der Waals surface area contributed by atoms with Crippen molar-refractivity contribution in [2.75, 3.05) is 14.7 Å². The first kappa shape index (κ1) is 56.2. The zero-order valence-electron chi connectivity index (χ0n) is 54.4. The Bertz CT molecular complexity index is 4220. The predicted octanol–water partition coefficient (Wildman–Crippen LogP) is 20.7. The van der Waals surface area contributed by atoms with Gasteiger partial charge in [0.25, 0.3) is 6.71 Å². The van der Waals surface area contributed by atoms with E-state index in [9.17, 15) is 0 Å². The van der Waals surface area contributed by atoms with Gasteiger partial charge in [-0.3, -0.25) is 0 Å². The molecule has 5 heteroatoms. The average Bonchev–Trinajstić information content (AvgIpc) is 0.829. The second-order valence-electron chi connectivity index (χ2n) is 31.8. The van der Waals surface area contributed by atoms with E-state index >= 15 is 0 Å². The Labute approximate surface area is 503 Å². The first-order chi connectivity index (χ1) is 39.2. The highest BCUT2D eigenvalue weighted by Gasteiger charge is 2.48. The lowest BCUT2D eigenvalue weighted by atomic mass is 9.33. The largest absolute Gasteiger partial charge is 0.456 e. The second-order valence-corrected chi connectivity index (χ2v) is 31.8. The third kappa shape index (κ3) is 8.73. The Kier molecular flexibility index (Phi) is 12.4. The van der Waals surface area contributed by atoms with E-state index in [1.54, 1.807) is 0 Å². The van der Waals surface area contributed by atoms with Crippen LogP contribution in [-0.2, 0) is 37.9 Å². The van der Waals surface area contributed by atoms with Gasteiger partial charge in [0.15, 0.2) is 0 Å². The summed E-state index contributed by atoms with van der Waals surface area (Å²) in [6.07, 6.45) is 4.64. The summed E-state index contributed by atoms with van der Waals surface area (Å²) in [7, 11) is 0. The Balaban J connectivity index is 1.16. The molecule has 0 atom stereocenters. The van der Waals surface area contributed by atoms with E-state index in [1.807, 2.05) is 0 Å². The van der Waals surface area contributed by atoms with Gasteiger partial charge >= 0.3 is 0 Å².